The molecule has 0 amide bonds. The van der Waals surface area contributed by atoms with Gasteiger partial charge in [0, 0.05) is 17.7 Å². The molecule has 0 fully saturated rings. The van der Waals surface area contributed by atoms with Crippen molar-refractivity contribution >= 4 is 5.69 Å². The van der Waals surface area contributed by atoms with Gasteiger partial charge < -0.3 is 9.15 Å². The maximum absolute atomic E-state index is 10.6. The summed E-state index contributed by atoms with van der Waals surface area (Å²) < 4.78 is 11.0. The fraction of sp³-hybridized carbons (Fsp3) is 0.0667. The number of hydrogen-bond acceptors (Lipinski definition) is 6. The third-order valence-corrected chi connectivity index (χ3v) is 2.90. The van der Waals surface area contributed by atoms with E-state index in [9.17, 15) is 10.1 Å². The molecule has 0 unspecified atom stereocenters. The third-order valence-electron chi connectivity index (χ3n) is 2.90. The highest BCUT2D eigenvalue weighted by Crippen LogP contribution is 2.21. The van der Waals surface area contributed by atoms with E-state index in [0.29, 0.717) is 23.1 Å². The smallest absolute Gasteiger partial charge is 0.269 e. The zero-order chi connectivity index (χ0) is 15.4. The second-order valence-electron chi connectivity index (χ2n) is 4.41. The fourth-order valence-corrected chi connectivity index (χ4v) is 1.82. The van der Waals surface area contributed by atoms with E-state index < -0.39 is 4.92 Å². The number of non-ortho nitro benzene ring substituents is 1. The monoisotopic (exact) mass is 297 g/mol. The van der Waals surface area contributed by atoms with Crippen LogP contribution >= 0.6 is 0 Å². The molecule has 0 aliphatic rings. The number of benzene rings is 2. The molecule has 0 saturated carbocycles. The Hall–Kier alpha value is -3.22. The normalized spacial score (nSPS) is 10.4. The Bertz CT molecular complexity index is 769. The molecule has 3 aromatic rings. The molecule has 0 aliphatic carbocycles. The molecule has 0 saturated heterocycles. The molecule has 1 heterocycles. The molecule has 0 spiro atoms. The molecule has 7 heteroatoms. The first-order chi connectivity index (χ1) is 10.7. The topological polar surface area (TPSA) is 91.3 Å². The summed E-state index contributed by atoms with van der Waals surface area (Å²) >= 11 is 0. The lowest BCUT2D eigenvalue weighted by Crippen LogP contribution is -1.95. The molecular weight excluding hydrogens is 286 g/mol. The molecular formula is C15H11N3O4. The van der Waals surface area contributed by atoms with E-state index in [0.717, 1.165) is 0 Å². The van der Waals surface area contributed by atoms with Crippen LogP contribution in [0.4, 0.5) is 5.69 Å². The average Bonchev–Trinajstić information content (AvgIpc) is 3.03. The van der Waals surface area contributed by atoms with E-state index in [-0.39, 0.29) is 12.3 Å². The number of nitrogens with zero attached hydrogens (tertiary/aromatic N) is 3. The minimum Gasteiger partial charge on any atom is -0.484 e. The first-order valence-corrected chi connectivity index (χ1v) is 6.47. The van der Waals surface area contributed by atoms with Crippen LogP contribution < -0.4 is 4.74 Å². The Morgan fingerprint density at radius 1 is 1.05 bits per heavy atom. The Morgan fingerprint density at radius 3 is 2.45 bits per heavy atom. The van der Waals surface area contributed by atoms with Gasteiger partial charge in [-0.15, -0.1) is 10.2 Å². The van der Waals surface area contributed by atoms with E-state index in [1.165, 1.54) is 12.1 Å². The van der Waals surface area contributed by atoms with Gasteiger partial charge in [-0.3, -0.25) is 10.1 Å². The van der Waals surface area contributed by atoms with Crippen molar-refractivity contribution in [3.63, 3.8) is 0 Å². The van der Waals surface area contributed by atoms with Crippen molar-refractivity contribution in [3.05, 3.63) is 70.6 Å². The van der Waals surface area contributed by atoms with Crippen LogP contribution in [0.2, 0.25) is 0 Å². The van der Waals surface area contributed by atoms with Gasteiger partial charge in [0.1, 0.15) is 5.75 Å². The average molecular weight is 297 g/mol. The molecule has 3 rings (SSSR count). The summed E-state index contributed by atoms with van der Waals surface area (Å²) in [5.74, 6) is 1.33. The number of nitro benzene ring substituents is 1. The molecule has 0 bridgehead atoms. The van der Waals surface area contributed by atoms with Gasteiger partial charge in [-0.05, 0) is 24.3 Å². The number of aromatic nitrogens is 2. The molecule has 7 nitrogen and oxygen atoms in total. The third kappa shape index (κ3) is 3.09. The Kier molecular flexibility index (Phi) is 3.78. The van der Waals surface area contributed by atoms with E-state index in [4.69, 9.17) is 9.15 Å². The molecule has 0 aliphatic heterocycles. The van der Waals surface area contributed by atoms with Crippen LogP contribution in [0.3, 0.4) is 0 Å². The predicted octanol–water partition coefficient (Wildman–Crippen LogP) is 3.22. The molecule has 110 valence electrons. The summed E-state index contributed by atoms with van der Waals surface area (Å²) in [6, 6.07) is 15.2. The Morgan fingerprint density at radius 2 is 1.77 bits per heavy atom. The van der Waals surface area contributed by atoms with E-state index in [2.05, 4.69) is 10.2 Å². The highest BCUT2D eigenvalue weighted by molar-refractivity contribution is 5.55. The van der Waals surface area contributed by atoms with Gasteiger partial charge in [-0.2, -0.15) is 0 Å². The van der Waals surface area contributed by atoms with Gasteiger partial charge in [0.25, 0.3) is 11.6 Å². The van der Waals surface area contributed by atoms with Crippen molar-refractivity contribution in [2.75, 3.05) is 0 Å². The van der Waals surface area contributed by atoms with Gasteiger partial charge in [0.15, 0.2) is 6.61 Å². The lowest BCUT2D eigenvalue weighted by atomic mass is 10.2. The molecule has 0 atom stereocenters. The first kappa shape index (κ1) is 13.7. The zero-order valence-electron chi connectivity index (χ0n) is 11.4. The van der Waals surface area contributed by atoms with Crippen LogP contribution in [0, 0.1) is 10.1 Å². The highest BCUT2D eigenvalue weighted by atomic mass is 16.6. The lowest BCUT2D eigenvalue weighted by molar-refractivity contribution is -0.384. The van der Waals surface area contributed by atoms with E-state index >= 15 is 0 Å². The van der Waals surface area contributed by atoms with Crippen molar-refractivity contribution in [3.8, 4) is 17.2 Å². The number of nitro groups is 1. The van der Waals surface area contributed by atoms with E-state index in [1.807, 2.05) is 30.3 Å². The number of para-hydroxylation sites is 1. The van der Waals surface area contributed by atoms with Crippen LogP contribution in [0.1, 0.15) is 5.89 Å². The summed E-state index contributed by atoms with van der Waals surface area (Å²) in [6.45, 7) is 0.157. The minimum atomic E-state index is -0.462. The highest BCUT2D eigenvalue weighted by Gasteiger charge is 2.11. The second kappa shape index (κ2) is 6.04. The van der Waals surface area contributed by atoms with Crippen molar-refractivity contribution in [2.24, 2.45) is 0 Å². The Balaban J connectivity index is 1.69. The fourth-order valence-electron chi connectivity index (χ4n) is 1.82. The quantitative estimate of drug-likeness (QED) is 0.530. The van der Waals surface area contributed by atoms with Crippen molar-refractivity contribution in [1.29, 1.82) is 0 Å². The second-order valence-corrected chi connectivity index (χ2v) is 4.41. The molecule has 2 aromatic carbocycles. The zero-order valence-corrected chi connectivity index (χ0v) is 11.4. The SMILES string of the molecule is O=[N+]([O-])c1ccc(-c2nnc(COc3ccccc3)o2)cc1. The van der Waals surface area contributed by atoms with Crippen LogP contribution in [0.5, 0.6) is 5.75 Å². The van der Waals surface area contributed by atoms with Crippen LogP contribution in [0.15, 0.2) is 59.0 Å². The maximum atomic E-state index is 10.6. The van der Waals surface area contributed by atoms with Gasteiger partial charge in [-0.25, -0.2) is 0 Å². The molecule has 22 heavy (non-hydrogen) atoms. The standard InChI is InChI=1S/C15H11N3O4/c19-18(20)12-8-6-11(7-9-12)15-17-16-14(22-15)10-21-13-4-2-1-3-5-13/h1-9H,10H2. The predicted molar refractivity (Wildman–Crippen MR) is 77.2 cm³/mol. The van der Waals surface area contributed by atoms with Gasteiger partial charge in [0.2, 0.25) is 5.89 Å². The summed E-state index contributed by atoms with van der Waals surface area (Å²) in [5.41, 5.74) is 0.625. The number of ether oxygens (including phenoxy) is 1. The maximum Gasteiger partial charge on any atom is 0.269 e. The number of hydrogen-bond donors (Lipinski definition) is 0. The lowest BCUT2D eigenvalue weighted by Gasteiger charge is -2.01. The minimum absolute atomic E-state index is 0.0101. The largest absolute Gasteiger partial charge is 0.484 e. The first-order valence-electron chi connectivity index (χ1n) is 6.47. The van der Waals surface area contributed by atoms with Gasteiger partial charge in [0.05, 0.1) is 4.92 Å². The van der Waals surface area contributed by atoms with Gasteiger partial charge >= 0.3 is 0 Å². The summed E-state index contributed by atoms with van der Waals surface area (Å²) in [6.07, 6.45) is 0. The van der Waals surface area contributed by atoms with E-state index in [1.54, 1.807) is 12.1 Å². The van der Waals surface area contributed by atoms with Crippen molar-refractivity contribution in [2.45, 2.75) is 6.61 Å². The van der Waals surface area contributed by atoms with Crippen molar-refractivity contribution in [1.82, 2.24) is 10.2 Å². The summed E-state index contributed by atoms with van der Waals surface area (Å²) in [4.78, 5) is 10.1. The van der Waals surface area contributed by atoms with Crippen LogP contribution in [0.25, 0.3) is 11.5 Å². The number of rotatable bonds is 5. The molecule has 1 aromatic heterocycles. The molecule has 0 N–H and O–H groups in total. The van der Waals surface area contributed by atoms with Crippen molar-refractivity contribution < 1.29 is 14.1 Å². The summed E-state index contributed by atoms with van der Waals surface area (Å²) in [5, 5.41) is 18.4. The van der Waals surface area contributed by atoms with Crippen LogP contribution in [-0.4, -0.2) is 15.1 Å². The summed E-state index contributed by atoms with van der Waals surface area (Å²) in [7, 11) is 0. The molecule has 0 radical (unpaired) electrons. The Labute approximate surface area is 125 Å². The van der Waals surface area contributed by atoms with Crippen LogP contribution in [-0.2, 0) is 6.61 Å². The van der Waals surface area contributed by atoms with Gasteiger partial charge in [-0.1, -0.05) is 18.2 Å².